The number of anilines is 1. The molecule has 0 bridgehead atoms. The number of hydrogen-bond acceptors (Lipinski definition) is 5. The molecule has 2 N–H and O–H groups in total. The van der Waals surface area contributed by atoms with Crippen LogP contribution in [0, 0.1) is 0 Å². The highest BCUT2D eigenvalue weighted by Gasteiger charge is 2.20. The van der Waals surface area contributed by atoms with E-state index in [-0.39, 0.29) is 24.8 Å². The molecule has 3 nitrogen and oxygen atoms in total. The van der Waals surface area contributed by atoms with Crippen molar-refractivity contribution in [3.63, 3.8) is 0 Å². The number of halogens is 2. The highest BCUT2D eigenvalue weighted by molar-refractivity contribution is 7.39. The van der Waals surface area contributed by atoms with Crippen LogP contribution in [0.3, 0.4) is 0 Å². The summed E-state index contributed by atoms with van der Waals surface area (Å²) in [7, 11) is 0. The Labute approximate surface area is 127 Å². The first-order chi connectivity index (χ1) is 7.78. The van der Waals surface area contributed by atoms with Crippen molar-refractivity contribution in [2.75, 3.05) is 25.4 Å². The second-order valence-corrected chi connectivity index (χ2v) is 6.52. The molecule has 102 valence electrons. The predicted octanol–water partition coefficient (Wildman–Crippen LogP) is 3.20. The molecule has 0 atom stereocenters. The number of rotatable bonds is 1. The van der Waals surface area contributed by atoms with Gasteiger partial charge < -0.3 is 10.6 Å². The van der Waals surface area contributed by atoms with Gasteiger partial charge >= 0.3 is 0 Å². The van der Waals surface area contributed by atoms with E-state index in [1.807, 2.05) is 11.3 Å². The number of nitrogen functional groups attached to an aromatic ring is 1. The molecular formula is C11H17Cl2N3S2. The summed E-state index contributed by atoms with van der Waals surface area (Å²) in [4.78, 5) is 8.51. The first-order valence-corrected chi connectivity index (χ1v) is 7.30. The molecule has 0 spiro atoms. The molecule has 0 fully saturated rings. The van der Waals surface area contributed by atoms with E-state index in [9.17, 15) is 0 Å². The summed E-state index contributed by atoms with van der Waals surface area (Å²) in [5.74, 6) is 0. The SMILES string of the molecule is CCN1CCc2sc3sc(N)nc3c2CC1.Cl.Cl. The zero-order chi connectivity index (χ0) is 11.1. The van der Waals surface area contributed by atoms with Crippen LogP contribution in [0.2, 0.25) is 0 Å². The largest absolute Gasteiger partial charge is 0.375 e. The van der Waals surface area contributed by atoms with Gasteiger partial charge in [-0.05, 0) is 24.9 Å². The Morgan fingerprint density at radius 2 is 1.94 bits per heavy atom. The second-order valence-electron chi connectivity index (χ2n) is 4.13. The number of aromatic nitrogens is 1. The Morgan fingerprint density at radius 3 is 2.67 bits per heavy atom. The summed E-state index contributed by atoms with van der Waals surface area (Å²) in [6, 6.07) is 0. The molecule has 0 aromatic carbocycles. The van der Waals surface area contributed by atoms with E-state index in [1.165, 1.54) is 32.9 Å². The van der Waals surface area contributed by atoms with Gasteiger partial charge in [0.25, 0.3) is 0 Å². The van der Waals surface area contributed by atoms with Crippen molar-refractivity contribution in [1.29, 1.82) is 0 Å². The van der Waals surface area contributed by atoms with Gasteiger partial charge in [-0.1, -0.05) is 18.3 Å². The summed E-state index contributed by atoms with van der Waals surface area (Å²) >= 11 is 3.53. The molecule has 7 heteroatoms. The maximum atomic E-state index is 5.76. The molecule has 1 aliphatic rings. The Kier molecular flexibility index (Phi) is 5.67. The van der Waals surface area contributed by atoms with Crippen molar-refractivity contribution in [2.24, 2.45) is 0 Å². The number of thiophene rings is 1. The highest BCUT2D eigenvalue weighted by Crippen LogP contribution is 2.37. The Morgan fingerprint density at radius 1 is 1.22 bits per heavy atom. The highest BCUT2D eigenvalue weighted by atomic mass is 35.5. The number of hydrogen-bond donors (Lipinski definition) is 1. The Bertz CT molecular complexity index is 524. The van der Waals surface area contributed by atoms with Crippen molar-refractivity contribution >= 4 is 62.1 Å². The predicted molar refractivity (Wildman–Crippen MR) is 85.9 cm³/mol. The van der Waals surface area contributed by atoms with Crippen LogP contribution >= 0.6 is 47.5 Å². The van der Waals surface area contributed by atoms with Crippen molar-refractivity contribution in [2.45, 2.75) is 19.8 Å². The third-order valence-corrected chi connectivity index (χ3v) is 5.49. The Balaban J connectivity index is 0.000000810. The molecule has 0 saturated heterocycles. The van der Waals surface area contributed by atoms with Gasteiger partial charge in [0.15, 0.2) is 5.13 Å². The van der Waals surface area contributed by atoms with E-state index >= 15 is 0 Å². The van der Waals surface area contributed by atoms with E-state index < -0.39 is 0 Å². The second kappa shape index (κ2) is 6.39. The fourth-order valence-corrected chi connectivity index (χ4v) is 4.63. The van der Waals surface area contributed by atoms with E-state index in [0.717, 1.165) is 19.5 Å². The lowest BCUT2D eigenvalue weighted by Crippen LogP contribution is -2.25. The van der Waals surface area contributed by atoms with Crippen molar-refractivity contribution in [3.8, 4) is 0 Å². The zero-order valence-electron chi connectivity index (χ0n) is 10.1. The molecule has 2 aromatic rings. The number of fused-ring (bicyclic) bond motifs is 3. The van der Waals surface area contributed by atoms with Crippen LogP contribution in [0.5, 0.6) is 0 Å². The average Bonchev–Trinajstić information content (AvgIpc) is 2.68. The molecule has 18 heavy (non-hydrogen) atoms. The van der Waals surface area contributed by atoms with Crippen molar-refractivity contribution < 1.29 is 0 Å². The van der Waals surface area contributed by atoms with Gasteiger partial charge in [-0.3, -0.25) is 0 Å². The lowest BCUT2D eigenvalue weighted by Gasteiger charge is -2.16. The van der Waals surface area contributed by atoms with Gasteiger partial charge in [0, 0.05) is 18.0 Å². The van der Waals surface area contributed by atoms with Gasteiger partial charge in [0.2, 0.25) is 0 Å². The molecule has 2 aromatic heterocycles. The number of nitrogens with zero attached hydrogens (tertiary/aromatic N) is 2. The maximum absolute atomic E-state index is 5.76. The van der Waals surface area contributed by atoms with Crippen LogP contribution in [-0.2, 0) is 12.8 Å². The minimum Gasteiger partial charge on any atom is -0.375 e. The van der Waals surface area contributed by atoms with E-state index in [2.05, 4.69) is 16.8 Å². The van der Waals surface area contributed by atoms with Crippen LogP contribution in [0.4, 0.5) is 5.13 Å². The molecule has 1 aliphatic heterocycles. The van der Waals surface area contributed by atoms with Crippen molar-refractivity contribution in [1.82, 2.24) is 9.88 Å². The van der Waals surface area contributed by atoms with Gasteiger partial charge in [0.1, 0.15) is 4.01 Å². The van der Waals surface area contributed by atoms with Gasteiger partial charge in [-0.15, -0.1) is 36.2 Å². The molecule has 0 saturated carbocycles. The summed E-state index contributed by atoms with van der Waals surface area (Å²) in [5, 5.41) is 0.709. The van der Waals surface area contributed by atoms with E-state index in [1.54, 1.807) is 11.3 Å². The third kappa shape index (κ3) is 2.75. The summed E-state index contributed by atoms with van der Waals surface area (Å²) in [6.07, 6.45) is 2.31. The first-order valence-electron chi connectivity index (χ1n) is 5.67. The van der Waals surface area contributed by atoms with Crippen molar-refractivity contribution in [3.05, 3.63) is 10.4 Å². The number of likely N-dealkylation sites (N-methyl/N-ethyl adjacent to an activating group) is 1. The molecule has 0 aliphatic carbocycles. The smallest absolute Gasteiger partial charge is 0.181 e. The summed E-state index contributed by atoms with van der Waals surface area (Å²) in [6.45, 7) is 5.73. The molecule has 0 radical (unpaired) electrons. The standard InChI is InChI=1S/C11H15N3S2.2ClH/c1-2-14-5-3-7-8(4-6-14)15-10-9(7)13-11(12)16-10;;/h2-6H2,1H3,(H2,12,13);2*1H. The summed E-state index contributed by atoms with van der Waals surface area (Å²) < 4.78 is 1.31. The quantitative estimate of drug-likeness (QED) is 0.875. The minimum atomic E-state index is 0. The molecule has 3 rings (SSSR count). The van der Waals surface area contributed by atoms with Gasteiger partial charge in [0.05, 0.1) is 5.52 Å². The van der Waals surface area contributed by atoms with Crippen LogP contribution in [0.1, 0.15) is 17.4 Å². The van der Waals surface area contributed by atoms with Crippen LogP contribution < -0.4 is 5.73 Å². The van der Waals surface area contributed by atoms with Crippen LogP contribution in [-0.4, -0.2) is 29.5 Å². The zero-order valence-corrected chi connectivity index (χ0v) is 13.4. The minimum absolute atomic E-state index is 0. The van der Waals surface area contributed by atoms with Gasteiger partial charge in [-0.25, -0.2) is 4.98 Å². The van der Waals surface area contributed by atoms with E-state index in [0.29, 0.717) is 5.13 Å². The number of nitrogens with two attached hydrogens (primary N) is 1. The first kappa shape index (κ1) is 16.0. The third-order valence-electron chi connectivity index (χ3n) is 3.23. The van der Waals surface area contributed by atoms with Crippen LogP contribution in [0.25, 0.3) is 9.53 Å². The lowest BCUT2D eigenvalue weighted by molar-refractivity contribution is 0.304. The maximum Gasteiger partial charge on any atom is 0.181 e. The fourth-order valence-electron chi connectivity index (χ4n) is 2.30. The van der Waals surface area contributed by atoms with Gasteiger partial charge in [-0.2, -0.15) is 0 Å². The number of thiazole rings is 1. The Hall–Kier alpha value is -0.0700. The average molecular weight is 326 g/mol. The van der Waals surface area contributed by atoms with Crippen LogP contribution in [0.15, 0.2) is 0 Å². The molecule has 3 heterocycles. The summed E-state index contributed by atoms with van der Waals surface area (Å²) in [5.41, 5.74) is 8.41. The molecular weight excluding hydrogens is 309 g/mol. The monoisotopic (exact) mass is 325 g/mol. The topological polar surface area (TPSA) is 42.1 Å². The molecule has 0 amide bonds. The lowest BCUT2D eigenvalue weighted by atomic mass is 10.1. The molecule has 0 unspecified atom stereocenters. The fraction of sp³-hybridized carbons (Fsp3) is 0.545. The van der Waals surface area contributed by atoms with E-state index in [4.69, 9.17) is 5.73 Å². The normalized spacial score (nSPS) is 15.6.